The fraction of sp³-hybridized carbons (Fsp3) is 0.727. The van der Waals surface area contributed by atoms with E-state index >= 15 is 0 Å². The van der Waals surface area contributed by atoms with Crippen LogP contribution in [-0.2, 0) is 4.79 Å². The van der Waals surface area contributed by atoms with Gasteiger partial charge in [0.2, 0.25) is 0 Å². The maximum Gasteiger partial charge on any atom is 0.328 e. The van der Waals surface area contributed by atoms with E-state index in [-0.39, 0.29) is 0 Å². The lowest BCUT2D eigenvalue weighted by atomic mass is 10.2. The molecule has 82 valence electrons. The van der Waals surface area contributed by atoms with Crippen molar-refractivity contribution in [2.75, 3.05) is 13.1 Å². The number of aliphatic carboxylic acids is 1. The summed E-state index contributed by atoms with van der Waals surface area (Å²) in [4.78, 5) is 10.3. The van der Waals surface area contributed by atoms with Gasteiger partial charge in [-0.05, 0) is 19.9 Å². The first-order valence-electron chi connectivity index (χ1n) is 5.27. The Morgan fingerprint density at radius 2 is 2.07 bits per heavy atom. The Morgan fingerprint density at radius 1 is 1.36 bits per heavy atom. The van der Waals surface area contributed by atoms with E-state index in [1.165, 1.54) is 31.8 Å². The van der Waals surface area contributed by atoms with E-state index in [0.717, 1.165) is 12.1 Å². The topological polar surface area (TPSA) is 49.3 Å². The summed E-state index contributed by atoms with van der Waals surface area (Å²) >= 11 is 0. The summed E-state index contributed by atoms with van der Waals surface area (Å²) in [6.45, 7) is 5.67. The van der Waals surface area contributed by atoms with Gasteiger partial charge in [0.1, 0.15) is 0 Å². The molecule has 3 heteroatoms. The number of hydrogen-bond acceptors (Lipinski definition) is 2. The Morgan fingerprint density at radius 3 is 2.64 bits per heavy atom. The summed E-state index contributed by atoms with van der Waals surface area (Å²) in [5.74, 6) is -0.865. The van der Waals surface area contributed by atoms with Crippen LogP contribution in [0.25, 0.3) is 0 Å². The average molecular weight is 199 g/mol. The molecule has 0 aliphatic carbocycles. The lowest BCUT2D eigenvalue weighted by Crippen LogP contribution is -2.18. The molecule has 0 aromatic heterocycles. The quantitative estimate of drug-likeness (QED) is 0.465. The Balaban J connectivity index is 3.31. The minimum absolute atomic E-state index is 0.679. The second-order valence-corrected chi connectivity index (χ2v) is 3.57. The van der Waals surface area contributed by atoms with Gasteiger partial charge < -0.3 is 10.4 Å². The number of carboxylic acids is 1. The molecule has 2 N–H and O–H groups in total. The van der Waals surface area contributed by atoms with E-state index < -0.39 is 5.97 Å². The standard InChI is InChI=1S/C11H21NO2/c1-3-4-5-6-7-12-9-10(2)8-11(13)14/h8,12H,3-7,9H2,1-2H3,(H,13,14). The van der Waals surface area contributed by atoms with Gasteiger partial charge in [0.25, 0.3) is 0 Å². The van der Waals surface area contributed by atoms with Crippen LogP contribution in [0.3, 0.4) is 0 Å². The van der Waals surface area contributed by atoms with Gasteiger partial charge in [-0.25, -0.2) is 4.79 Å². The monoisotopic (exact) mass is 199 g/mol. The number of unbranched alkanes of at least 4 members (excludes halogenated alkanes) is 3. The van der Waals surface area contributed by atoms with E-state index in [0.29, 0.717) is 6.54 Å². The highest BCUT2D eigenvalue weighted by Crippen LogP contribution is 1.97. The van der Waals surface area contributed by atoms with Crippen LogP contribution in [0.1, 0.15) is 39.5 Å². The van der Waals surface area contributed by atoms with Gasteiger partial charge in [0.15, 0.2) is 0 Å². The van der Waals surface area contributed by atoms with E-state index in [1.54, 1.807) is 0 Å². The first-order valence-corrected chi connectivity index (χ1v) is 5.27. The van der Waals surface area contributed by atoms with Gasteiger partial charge in [-0.1, -0.05) is 31.8 Å². The summed E-state index contributed by atoms with van der Waals surface area (Å²) in [5, 5.41) is 11.7. The molecule has 0 rings (SSSR count). The molecule has 0 radical (unpaired) electrons. The smallest absolute Gasteiger partial charge is 0.328 e. The molecule has 0 amide bonds. The van der Waals surface area contributed by atoms with E-state index in [9.17, 15) is 4.79 Å². The average Bonchev–Trinajstić information content (AvgIpc) is 2.10. The maximum atomic E-state index is 10.3. The van der Waals surface area contributed by atoms with Gasteiger partial charge in [0.05, 0.1) is 0 Å². The van der Waals surface area contributed by atoms with Gasteiger partial charge in [-0.2, -0.15) is 0 Å². The first kappa shape index (κ1) is 13.2. The van der Waals surface area contributed by atoms with Gasteiger partial charge in [-0.15, -0.1) is 0 Å². The van der Waals surface area contributed by atoms with Crippen molar-refractivity contribution >= 4 is 5.97 Å². The van der Waals surface area contributed by atoms with E-state index in [2.05, 4.69) is 12.2 Å². The Labute approximate surface area is 86.2 Å². The van der Waals surface area contributed by atoms with Crippen molar-refractivity contribution < 1.29 is 9.90 Å². The molecule has 0 fully saturated rings. The van der Waals surface area contributed by atoms with Crippen LogP contribution in [-0.4, -0.2) is 24.2 Å². The first-order chi connectivity index (χ1) is 6.66. The van der Waals surface area contributed by atoms with Gasteiger partial charge in [-0.3, -0.25) is 0 Å². The third kappa shape index (κ3) is 9.26. The normalized spacial score (nSPS) is 11.7. The number of nitrogens with one attached hydrogen (secondary N) is 1. The number of hydrogen-bond donors (Lipinski definition) is 2. The summed E-state index contributed by atoms with van der Waals surface area (Å²) < 4.78 is 0. The molecule has 0 unspecified atom stereocenters. The number of carboxylic acid groups (broad SMARTS) is 1. The zero-order valence-corrected chi connectivity index (χ0v) is 9.18. The number of rotatable bonds is 8. The third-order valence-electron chi connectivity index (χ3n) is 1.98. The molecular formula is C11H21NO2. The summed E-state index contributed by atoms with van der Waals surface area (Å²) in [5.41, 5.74) is 0.869. The molecule has 0 aromatic carbocycles. The Hall–Kier alpha value is -0.830. The van der Waals surface area contributed by atoms with Crippen LogP contribution < -0.4 is 5.32 Å². The van der Waals surface area contributed by atoms with Gasteiger partial charge in [0, 0.05) is 12.6 Å². The molecule has 3 nitrogen and oxygen atoms in total. The van der Waals surface area contributed by atoms with E-state index in [4.69, 9.17) is 5.11 Å². The largest absolute Gasteiger partial charge is 0.478 e. The Bertz CT molecular complexity index is 188. The lowest BCUT2D eigenvalue weighted by molar-refractivity contribution is -0.131. The maximum absolute atomic E-state index is 10.3. The van der Waals surface area contributed by atoms with Crippen molar-refractivity contribution in [2.45, 2.75) is 39.5 Å². The fourth-order valence-corrected chi connectivity index (χ4v) is 1.22. The van der Waals surface area contributed by atoms with E-state index in [1.807, 2.05) is 6.92 Å². The van der Waals surface area contributed by atoms with Crippen LogP contribution in [0.2, 0.25) is 0 Å². The highest BCUT2D eigenvalue weighted by Gasteiger charge is 1.93. The highest BCUT2D eigenvalue weighted by molar-refractivity contribution is 5.80. The Kier molecular flexibility index (Phi) is 8.24. The minimum atomic E-state index is -0.865. The minimum Gasteiger partial charge on any atom is -0.478 e. The molecule has 0 saturated heterocycles. The zero-order valence-electron chi connectivity index (χ0n) is 9.18. The second kappa shape index (κ2) is 8.75. The molecule has 14 heavy (non-hydrogen) atoms. The predicted octanol–water partition coefficient (Wildman–Crippen LogP) is 2.19. The van der Waals surface area contributed by atoms with Crippen molar-refractivity contribution in [1.82, 2.24) is 5.32 Å². The summed E-state index contributed by atoms with van der Waals surface area (Å²) in [7, 11) is 0. The zero-order chi connectivity index (χ0) is 10.8. The highest BCUT2D eigenvalue weighted by atomic mass is 16.4. The molecule has 0 spiro atoms. The molecule has 0 atom stereocenters. The van der Waals surface area contributed by atoms with Crippen molar-refractivity contribution in [3.05, 3.63) is 11.6 Å². The third-order valence-corrected chi connectivity index (χ3v) is 1.98. The predicted molar refractivity (Wildman–Crippen MR) is 58.4 cm³/mol. The van der Waals surface area contributed by atoms with Crippen LogP contribution in [0.4, 0.5) is 0 Å². The van der Waals surface area contributed by atoms with Crippen LogP contribution in [0.5, 0.6) is 0 Å². The van der Waals surface area contributed by atoms with Crippen molar-refractivity contribution in [3.63, 3.8) is 0 Å². The summed E-state index contributed by atoms with van der Waals surface area (Å²) in [6, 6.07) is 0. The van der Waals surface area contributed by atoms with Crippen LogP contribution >= 0.6 is 0 Å². The SMILES string of the molecule is CCCCCCNCC(C)=CC(=O)O. The molecule has 0 aliphatic rings. The second-order valence-electron chi connectivity index (χ2n) is 3.57. The van der Waals surface area contributed by atoms with Crippen molar-refractivity contribution in [2.24, 2.45) is 0 Å². The molecular weight excluding hydrogens is 178 g/mol. The molecule has 0 aromatic rings. The molecule has 0 saturated carbocycles. The molecule has 0 bridgehead atoms. The fourth-order valence-electron chi connectivity index (χ4n) is 1.22. The summed E-state index contributed by atoms with van der Waals surface area (Å²) in [6.07, 6.45) is 6.21. The molecule has 0 heterocycles. The number of carbonyl (C=O) groups is 1. The van der Waals surface area contributed by atoms with Crippen molar-refractivity contribution in [3.8, 4) is 0 Å². The van der Waals surface area contributed by atoms with Crippen molar-refractivity contribution in [1.29, 1.82) is 0 Å². The van der Waals surface area contributed by atoms with Crippen LogP contribution in [0, 0.1) is 0 Å². The van der Waals surface area contributed by atoms with Crippen LogP contribution in [0.15, 0.2) is 11.6 Å². The van der Waals surface area contributed by atoms with Gasteiger partial charge >= 0.3 is 5.97 Å². The molecule has 0 aliphatic heterocycles. The lowest BCUT2D eigenvalue weighted by Gasteiger charge is -2.03.